The van der Waals surface area contributed by atoms with Gasteiger partial charge in [0.15, 0.2) is 4.96 Å². The molecule has 0 N–H and O–H groups in total. The number of aryl methyl sites for hydroxylation is 1. The maximum atomic E-state index is 12.5. The van der Waals surface area contributed by atoms with E-state index in [0.29, 0.717) is 0 Å². The highest BCUT2D eigenvalue weighted by Crippen LogP contribution is 2.24. The van der Waals surface area contributed by atoms with Gasteiger partial charge in [0.25, 0.3) is 5.56 Å². The first-order chi connectivity index (χ1) is 8.72. The molecular weight excluding hydrogens is 244 g/mol. The molecule has 0 aliphatic heterocycles. The van der Waals surface area contributed by atoms with E-state index in [0.717, 1.165) is 39.3 Å². The van der Waals surface area contributed by atoms with E-state index in [1.807, 2.05) is 31.2 Å². The quantitative estimate of drug-likeness (QED) is 0.707. The summed E-state index contributed by atoms with van der Waals surface area (Å²) in [6.07, 6.45) is 1.76. The van der Waals surface area contributed by atoms with Crippen molar-refractivity contribution in [1.29, 1.82) is 0 Å². The molecule has 0 unspecified atom stereocenters. The van der Waals surface area contributed by atoms with Crippen LogP contribution in [0.15, 0.2) is 29.1 Å². The molecule has 18 heavy (non-hydrogen) atoms. The molecule has 1 aromatic carbocycles. The van der Waals surface area contributed by atoms with Gasteiger partial charge in [0.2, 0.25) is 0 Å². The van der Waals surface area contributed by atoms with Gasteiger partial charge >= 0.3 is 0 Å². The standard InChI is InChI=1S/C14H14N2OS/c1-3-6-10-9(2)15-14-16(13(10)17)11-7-4-5-8-12(11)18-14/h4-5,7-8H,3,6H2,1-2H3. The van der Waals surface area contributed by atoms with Gasteiger partial charge < -0.3 is 0 Å². The Hall–Kier alpha value is -1.68. The second kappa shape index (κ2) is 4.21. The number of thiazole rings is 1. The maximum Gasteiger partial charge on any atom is 0.262 e. The molecule has 0 atom stereocenters. The summed E-state index contributed by atoms with van der Waals surface area (Å²) >= 11 is 1.57. The lowest BCUT2D eigenvalue weighted by molar-refractivity contribution is 0.867. The fourth-order valence-corrected chi connectivity index (χ4v) is 3.35. The number of para-hydroxylation sites is 1. The lowest BCUT2D eigenvalue weighted by Crippen LogP contribution is -2.20. The van der Waals surface area contributed by atoms with Crippen molar-refractivity contribution < 1.29 is 0 Å². The van der Waals surface area contributed by atoms with Gasteiger partial charge in [0.1, 0.15) is 0 Å². The summed E-state index contributed by atoms with van der Waals surface area (Å²) in [6.45, 7) is 4.01. The van der Waals surface area contributed by atoms with Crippen LogP contribution in [0.25, 0.3) is 15.2 Å². The molecule has 0 bridgehead atoms. The van der Waals surface area contributed by atoms with Crippen molar-refractivity contribution in [1.82, 2.24) is 9.38 Å². The average molecular weight is 258 g/mol. The molecule has 0 radical (unpaired) electrons. The monoisotopic (exact) mass is 258 g/mol. The zero-order valence-corrected chi connectivity index (χ0v) is 11.3. The van der Waals surface area contributed by atoms with Crippen LogP contribution < -0.4 is 5.56 Å². The fraction of sp³-hybridized carbons (Fsp3) is 0.286. The van der Waals surface area contributed by atoms with Gasteiger partial charge in [0, 0.05) is 11.3 Å². The van der Waals surface area contributed by atoms with Crippen LogP contribution >= 0.6 is 11.3 Å². The van der Waals surface area contributed by atoms with Gasteiger partial charge in [-0.25, -0.2) is 4.98 Å². The third kappa shape index (κ3) is 1.56. The van der Waals surface area contributed by atoms with Crippen LogP contribution in [-0.4, -0.2) is 9.38 Å². The normalized spacial score (nSPS) is 11.4. The second-order valence-corrected chi connectivity index (χ2v) is 5.43. The van der Waals surface area contributed by atoms with Gasteiger partial charge in [-0.05, 0) is 25.5 Å². The molecule has 0 saturated heterocycles. The summed E-state index contributed by atoms with van der Waals surface area (Å²) < 4.78 is 2.85. The third-order valence-corrected chi connectivity index (χ3v) is 4.18. The van der Waals surface area contributed by atoms with Crippen molar-refractivity contribution in [2.24, 2.45) is 0 Å². The number of benzene rings is 1. The number of hydrogen-bond acceptors (Lipinski definition) is 3. The van der Waals surface area contributed by atoms with Crippen LogP contribution in [0.1, 0.15) is 24.6 Å². The molecule has 4 heteroatoms. The Bertz CT molecular complexity index is 785. The Kier molecular flexibility index (Phi) is 2.67. The van der Waals surface area contributed by atoms with E-state index in [1.54, 1.807) is 15.7 Å². The lowest BCUT2D eigenvalue weighted by Gasteiger charge is -2.03. The van der Waals surface area contributed by atoms with E-state index in [4.69, 9.17) is 0 Å². The van der Waals surface area contributed by atoms with E-state index in [1.165, 1.54) is 0 Å². The number of fused-ring (bicyclic) bond motifs is 3. The zero-order chi connectivity index (χ0) is 12.7. The van der Waals surface area contributed by atoms with Gasteiger partial charge in [-0.1, -0.05) is 36.8 Å². The van der Waals surface area contributed by atoms with Crippen molar-refractivity contribution in [3.05, 3.63) is 45.9 Å². The summed E-state index contributed by atoms with van der Waals surface area (Å²) in [7, 11) is 0. The summed E-state index contributed by atoms with van der Waals surface area (Å²) in [5, 5.41) is 0. The van der Waals surface area contributed by atoms with Gasteiger partial charge in [-0.2, -0.15) is 0 Å². The minimum atomic E-state index is 0.0943. The van der Waals surface area contributed by atoms with E-state index in [9.17, 15) is 4.79 Å². The summed E-state index contributed by atoms with van der Waals surface area (Å²) in [4.78, 5) is 17.9. The first kappa shape index (κ1) is 11.4. The predicted molar refractivity (Wildman–Crippen MR) is 75.6 cm³/mol. The molecule has 0 fully saturated rings. The smallest absolute Gasteiger partial charge is 0.262 e. The Morgan fingerprint density at radius 1 is 1.33 bits per heavy atom. The van der Waals surface area contributed by atoms with E-state index in [-0.39, 0.29) is 5.56 Å². The highest BCUT2D eigenvalue weighted by atomic mass is 32.1. The number of nitrogens with zero attached hydrogens (tertiary/aromatic N) is 2. The topological polar surface area (TPSA) is 34.4 Å². The van der Waals surface area contributed by atoms with Crippen molar-refractivity contribution >= 4 is 26.5 Å². The average Bonchev–Trinajstić information content (AvgIpc) is 2.72. The molecule has 0 amide bonds. The largest absolute Gasteiger partial charge is 0.269 e. The summed E-state index contributed by atoms with van der Waals surface area (Å²) in [6, 6.07) is 7.96. The molecule has 3 aromatic rings. The number of aromatic nitrogens is 2. The van der Waals surface area contributed by atoms with Crippen LogP contribution in [0, 0.1) is 6.92 Å². The fourth-order valence-electron chi connectivity index (χ4n) is 2.28. The van der Waals surface area contributed by atoms with Crippen LogP contribution in [0.3, 0.4) is 0 Å². The maximum absolute atomic E-state index is 12.5. The van der Waals surface area contributed by atoms with Crippen molar-refractivity contribution in [2.75, 3.05) is 0 Å². The molecule has 0 aliphatic rings. The summed E-state index contributed by atoms with van der Waals surface area (Å²) in [5.41, 5.74) is 2.77. The van der Waals surface area contributed by atoms with Crippen molar-refractivity contribution in [3.8, 4) is 0 Å². The van der Waals surface area contributed by atoms with Crippen LogP contribution in [0.4, 0.5) is 0 Å². The minimum absolute atomic E-state index is 0.0943. The van der Waals surface area contributed by atoms with Gasteiger partial charge in [-0.3, -0.25) is 9.20 Å². The lowest BCUT2D eigenvalue weighted by atomic mass is 10.1. The number of rotatable bonds is 2. The molecule has 0 spiro atoms. The van der Waals surface area contributed by atoms with Gasteiger partial charge in [0.05, 0.1) is 10.2 Å². The third-order valence-electron chi connectivity index (χ3n) is 3.16. The molecule has 92 valence electrons. The van der Waals surface area contributed by atoms with Gasteiger partial charge in [-0.15, -0.1) is 0 Å². The second-order valence-electron chi connectivity index (χ2n) is 4.42. The molecule has 3 nitrogen and oxygen atoms in total. The molecule has 2 heterocycles. The van der Waals surface area contributed by atoms with Crippen molar-refractivity contribution in [3.63, 3.8) is 0 Å². The summed E-state index contributed by atoms with van der Waals surface area (Å²) in [5.74, 6) is 0. The van der Waals surface area contributed by atoms with E-state index >= 15 is 0 Å². The minimum Gasteiger partial charge on any atom is -0.269 e. The van der Waals surface area contributed by atoms with Crippen molar-refractivity contribution in [2.45, 2.75) is 26.7 Å². The zero-order valence-electron chi connectivity index (χ0n) is 10.4. The Balaban J connectivity index is 2.49. The first-order valence-corrected chi connectivity index (χ1v) is 6.93. The number of hydrogen-bond donors (Lipinski definition) is 0. The Labute approximate surface area is 109 Å². The first-order valence-electron chi connectivity index (χ1n) is 6.12. The molecule has 0 aliphatic carbocycles. The van der Waals surface area contributed by atoms with Crippen LogP contribution in [0.2, 0.25) is 0 Å². The molecule has 0 saturated carbocycles. The highest BCUT2D eigenvalue weighted by Gasteiger charge is 2.13. The highest BCUT2D eigenvalue weighted by molar-refractivity contribution is 7.23. The predicted octanol–water partition coefficient (Wildman–Crippen LogP) is 3.17. The Morgan fingerprint density at radius 3 is 2.89 bits per heavy atom. The van der Waals surface area contributed by atoms with Crippen LogP contribution in [-0.2, 0) is 6.42 Å². The molecule has 2 aromatic heterocycles. The SMILES string of the molecule is CCCc1c(C)nc2sc3ccccc3n2c1=O. The van der Waals surface area contributed by atoms with E-state index in [2.05, 4.69) is 11.9 Å². The molecular formula is C14H14N2OS. The van der Waals surface area contributed by atoms with E-state index < -0.39 is 0 Å². The Morgan fingerprint density at radius 2 is 2.11 bits per heavy atom. The molecule has 3 rings (SSSR count). The van der Waals surface area contributed by atoms with Crippen LogP contribution in [0.5, 0.6) is 0 Å².